The van der Waals surface area contributed by atoms with Crippen LogP contribution in [0.3, 0.4) is 0 Å². The lowest BCUT2D eigenvalue weighted by Crippen LogP contribution is -2.63. The van der Waals surface area contributed by atoms with Crippen LogP contribution in [-0.4, -0.2) is 90.6 Å². The van der Waals surface area contributed by atoms with E-state index in [1.165, 1.54) is 36.3 Å². The third kappa shape index (κ3) is 9.70. The number of benzene rings is 2. The van der Waals surface area contributed by atoms with Crippen LogP contribution in [0.1, 0.15) is 34.6 Å². The molecular weight excluding hydrogens is 736 g/mol. The molecule has 3 heterocycles. The molecule has 1 saturated heterocycles. The van der Waals surface area contributed by atoms with E-state index in [1.54, 1.807) is 37.3 Å². The average molecular weight is 773 g/mol. The predicted octanol–water partition coefficient (Wildman–Crippen LogP) is 4.64. The molecule has 0 N–H and O–H groups in total. The monoisotopic (exact) mass is 772 g/mol. The minimum atomic E-state index is -1.39. The van der Waals surface area contributed by atoms with Crippen molar-refractivity contribution in [3.8, 4) is 27.6 Å². The standard InChI is InChI=1S/C36H37ClN2O13S/c1-18(48-36-33(51-22(5)43)32(50-21(4)42)31(49-20(3)41)29(52-36)16-46-19(2)40)15-47-27-12-11-25(13-28(27)45-6)39-17-38-26-14-30(53-34(26)35(39)44)23-7-9-24(37)10-8-23/h7-14,17-18,29,31-33,36H,15-16H2,1-6H3/t18?,29-,31-,32+,33-,36+/m1/s1. The van der Waals surface area contributed by atoms with Crippen molar-refractivity contribution in [2.45, 2.75) is 71.4 Å². The molecule has 0 aliphatic carbocycles. The number of esters is 4. The number of carbonyl (C=O) groups excluding carboxylic acids is 4. The van der Waals surface area contributed by atoms with E-state index in [9.17, 15) is 24.0 Å². The van der Waals surface area contributed by atoms with Gasteiger partial charge < -0.3 is 37.9 Å². The largest absolute Gasteiger partial charge is 0.493 e. The first-order valence-electron chi connectivity index (χ1n) is 16.3. The van der Waals surface area contributed by atoms with E-state index in [1.807, 2.05) is 18.2 Å². The van der Waals surface area contributed by atoms with E-state index in [4.69, 9.17) is 49.5 Å². The SMILES string of the molecule is COc1cc(-n2cnc3cc(-c4ccc(Cl)cc4)sc3c2=O)ccc1OCC(C)O[C@H]1O[C@H](COC(C)=O)[C@@H](OC(C)=O)[C@H](OC(C)=O)[C@H]1OC(C)=O. The number of halogens is 1. The Bertz CT molecular complexity index is 2030. The van der Waals surface area contributed by atoms with Crippen LogP contribution in [0.4, 0.5) is 0 Å². The normalized spacial score (nSPS) is 20.2. The number of ether oxygens (including phenoxy) is 8. The first kappa shape index (κ1) is 39.2. The maximum Gasteiger partial charge on any atom is 0.303 e. The third-order valence-corrected chi connectivity index (χ3v) is 9.19. The lowest BCUT2D eigenvalue weighted by molar-refractivity contribution is -0.316. The summed E-state index contributed by atoms with van der Waals surface area (Å²) in [6.07, 6.45) is -5.95. The Kier molecular flexibility index (Phi) is 12.7. The highest BCUT2D eigenvalue weighted by atomic mass is 35.5. The van der Waals surface area contributed by atoms with Gasteiger partial charge in [0, 0.05) is 43.7 Å². The van der Waals surface area contributed by atoms with Crippen LogP contribution < -0.4 is 15.0 Å². The Morgan fingerprint density at radius 2 is 1.55 bits per heavy atom. The Balaban J connectivity index is 1.34. The molecular formula is C36H37ClN2O13S. The molecule has 17 heteroatoms. The molecule has 0 amide bonds. The molecule has 2 aromatic carbocycles. The maximum absolute atomic E-state index is 13.6. The number of carbonyl (C=O) groups is 4. The van der Waals surface area contributed by atoms with Gasteiger partial charge in [0.05, 0.1) is 24.4 Å². The molecule has 5 rings (SSSR count). The van der Waals surface area contributed by atoms with Crippen molar-refractivity contribution in [3.05, 3.63) is 70.2 Å². The van der Waals surface area contributed by atoms with Gasteiger partial charge in [-0.1, -0.05) is 23.7 Å². The average Bonchev–Trinajstić information content (AvgIpc) is 3.54. The molecule has 6 atom stereocenters. The molecule has 1 aliphatic rings. The van der Waals surface area contributed by atoms with Crippen LogP contribution >= 0.6 is 22.9 Å². The fourth-order valence-electron chi connectivity index (χ4n) is 5.55. The fourth-order valence-corrected chi connectivity index (χ4v) is 6.72. The number of aromatic nitrogens is 2. The Hall–Kier alpha value is -5.03. The highest BCUT2D eigenvalue weighted by molar-refractivity contribution is 7.22. The Labute approximate surface area is 312 Å². The summed E-state index contributed by atoms with van der Waals surface area (Å²) in [5, 5.41) is 0.612. The van der Waals surface area contributed by atoms with Crippen LogP contribution in [0, 0.1) is 0 Å². The van der Waals surface area contributed by atoms with Gasteiger partial charge in [0.2, 0.25) is 0 Å². The molecule has 1 aliphatic heterocycles. The van der Waals surface area contributed by atoms with E-state index in [-0.39, 0.29) is 12.2 Å². The van der Waals surface area contributed by atoms with Gasteiger partial charge in [-0.05, 0) is 42.8 Å². The summed E-state index contributed by atoms with van der Waals surface area (Å²) < 4.78 is 47.0. The van der Waals surface area contributed by atoms with Gasteiger partial charge in [0.25, 0.3) is 5.56 Å². The zero-order chi connectivity index (χ0) is 38.4. The summed E-state index contributed by atoms with van der Waals surface area (Å²) in [5.74, 6) is -2.29. The molecule has 2 aromatic heterocycles. The van der Waals surface area contributed by atoms with E-state index < -0.39 is 67.3 Å². The van der Waals surface area contributed by atoms with Gasteiger partial charge in [-0.15, -0.1) is 11.3 Å². The Morgan fingerprint density at radius 1 is 0.887 bits per heavy atom. The van der Waals surface area contributed by atoms with Crippen LogP contribution in [0.2, 0.25) is 5.02 Å². The molecule has 0 spiro atoms. The van der Waals surface area contributed by atoms with Gasteiger partial charge in [0.15, 0.2) is 36.1 Å². The van der Waals surface area contributed by atoms with Crippen molar-refractivity contribution in [3.63, 3.8) is 0 Å². The van der Waals surface area contributed by atoms with Crippen molar-refractivity contribution in [1.82, 2.24) is 9.55 Å². The predicted molar refractivity (Wildman–Crippen MR) is 190 cm³/mol. The van der Waals surface area contributed by atoms with Gasteiger partial charge in [-0.25, -0.2) is 4.98 Å². The number of hydrogen-bond acceptors (Lipinski definition) is 15. The first-order chi connectivity index (χ1) is 25.2. The molecule has 15 nitrogen and oxygen atoms in total. The zero-order valence-corrected chi connectivity index (χ0v) is 31.1. The summed E-state index contributed by atoms with van der Waals surface area (Å²) >= 11 is 7.36. The lowest BCUT2D eigenvalue weighted by Gasteiger charge is -2.44. The van der Waals surface area contributed by atoms with E-state index in [0.29, 0.717) is 32.4 Å². The van der Waals surface area contributed by atoms with E-state index >= 15 is 0 Å². The maximum atomic E-state index is 13.6. The minimum Gasteiger partial charge on any atom is -0.493 e. The smallest absolute Gasteiger partial charge is 0.303 e. The van der Waals surface area contributed by atoms with E-state index in [2.05, 4.69) is 4.98 Å². The highest BCUT2D eigenvalue weighted by Gasteiger charge is 2.53. The fraction of sp³-hybridized carbons (Fsp3) is 0.389. The number of thiophene rings is 1. The summed E-state index contributed by atoms with van der Waals surface area (Å²) in [6, 6.07) is 14.1. The second-order valence-corrected chi connectivity index (χ2v) is 13.4. The Morgan fingerprint density at radius 3 is 2.19 bits per heavy atom. The topological polar surface area (TPSA) is 177 Å². The quantitative estimate of drug-likeness (QED) is 0.136. The van der Waals surface area contributed by atoms with Crippen molar-refractivity contribution in [2.24, 2.45) is 0 Å². The third-order valence-electron chi connectivity index (χ3n) is 7.78. The summed E-state index contributed by atoms with van der Waals surface area (Å²) in [6.45, 7) is 5.74. The van der Waals surface area contributed by atoms with Crippen molar-refractivity contribution in [2.75, 3.05) is 20.3 Å². The molecule has 282 valence electrons. The molecule has 0 bridgehead atoms. The molecule has 1 unspecified atom stereocenters. The van der Waals surface area contributed by atoms with Gasteiger partial charge in [0.1, 0.15) is 30.3 Å². The molecule has 1 fully saturated rings. The molecule has 0 radical (unpaired) electrons. The highest BCUT2D eigenvalue weighted by Crippen LogP contribution is 2.34. The van der Waals surface area contributed by atoms with Crippen LogP contribution in [0.15, 0.2) is 59.7 Å². The summed E-state index contributed by atoms with van der Waals surface area (Å²) in [7, 11) is 1.45. The van der Waals surface area contributed by atoms with Crippen molar-refractivity contribution in [1.29, 1.82) is 0 Å². The van der Waals surface area contributed by atoms with Crippen LogP contribution in [-0.2, 0) is 47.6 Å². The van der Waals surface area contributed by atoms with Gasteiger partial charge in [-0.2, -0.15) is 0 Å². The number of methoxy groups -OCH3 is 1. The molecule has 4 aromatic rings. The number of hydrogen-bond donors (Lipinski definition) is 0. The van der Waals surface area contributed by atoms with Crippen LogP contribution in [0.25, 0.3) is 26.3 Å². The molecule has 53 heavy (non-hydrogen) atoms. The van der Waals surface area contributed by atoms with Crippen LogP contribution in [0.5, 0.6) is 11.5 Å². The van der Waals surface area contributed by atoms with Gasteiger partial charge in [-0.3, -0.25) is 28.5 Å². The summed E-state index contributed by atoms with van der Waals surface area (Å²) in [5.41, 5.74) is 1.71. The number of nitrogens with zero attached hydrogens (tertiary/aromatic N) is 2. The second kappa shape index (κ2) is 17.2. The summed E-state index contributed by atoms with van der Waals surface area (Å²) in [4.78, 5) is 66.8. The number of fused-ring (bicyclic) bond motifs is 1. The van der Waals surface area contributed by atoms with Crippen molar-refractivity contribution >= 4 is 57.0 Å². The minimum absolute atomic E-state index is 0.0846. The lowest BCUT2D eigenvalue weighted by atomic mass is 9.98. The second-order valence-electron chi connectivity index (χ2n) is 11.9. The van der Waals surface area contributed by atoms with Gasteiger partial charge >= 0.3 is 23.9 Å². The first-order valence-corrected chi connectivity index (χ1v) is 17.5. The number of rotatable bonds is 13. The van der Waals surface area contributed by atoms with E-state index in [0.717, 1.165) is 31.2 Å². The van der Waals surface area contributed by atoms with Crippen molar-refractivity contribution < 1.29 is 57.1 Å². The molecule has 0 saturated carbocycles. The zero-order valence-electron chi connectivity index (χ0n) is 29.6.